The van der Waals surface area contributed by atoms with Crippen molar-refractivity contribution in [3.8, 4) is 0 Å². The van der Waals surface area contributed by atoms with Crippen molar-refractivity contribution in [3.63, 3.8) is 0 Å². The molecule has 2 aliphatic rings. The molecule has 1 unspecified atom stereocenters. The molecular weight excluding hydrogens is 364 g/mol. The Morgan fingerprint density at radius 3 is 2.72 bits per heavy atom. The number of nitrogens with one attached hydrogen (secondary N) is 1. The third-order valence-electron chi connectivity index (χ3n) is 6.24. The predicted octanol–water partition coefficient (Wildman–Crippen LogP) is 2.19. The van der Waals surface area contributed by atoms with Crippen molar-refractivity contribution in [2.24, 2.45) is 0 Å². The number of nitrogens with zero attached hydrogens (tertiary/aromatic N) is 3. The minimum atomic E-state index is 0.0877. The SMILES string of the molecule is Cc1cc(C(=O)N2CCCC(N3CCNCC3=O)C2)c(C)n1Cc1ccccc1. The number of rotatable bonds is 4. The number of piperazine rings is 1. The largest absolute Gasteiger partial charge is 0.344 e. The highest BCUT2D eigenvalue weighted by atomic mass is 16.2. The first-order chi connectivity index (χ1) is 14.0. The molecule has 0 spiro atoms. The Labute approximate surface area is 172 Å². The summed E-state index contributed by atoms with van der Waals surface area (Å²) in [6, 6.07) is 12.5. The highest BCUT2D eigenvalue weighted by Crippen LogP contribution is 2.23. The van der Waals surface area contributed by atoms with Crippen molar-refractivity contribution < 1.29 is 9.59 Å². The normalized spacial score (nSPS) is 20.2. The summed E-state index contributed by atoms with van der Waals surface area (Å²) in [6.45, 7) is 8.23. The molecule has 0 saturated carbocycles. The van der Waals surface area contributed by atoms with E-state index < -0.39 is 0 Å². The van der Waals surface area contributed by atoms with E-state index in [0.29, 0.717) is 13.1 Å². The Morgan fingerprint density at radius 2 is 1.97 bits per heavy atom. The molecule has 1 N–H and O–H groups in total. The molecule has 1 atom stereocenters. The van der Waals surface area contributed by atoms with Gasteiger partial charge in [-0.05, 0) is 38.3 Å². The molecular formula is C23H30N4O2. The fourth-order valence-corrected chi connectivity index (χ4v) is 4.60. The molecule has 1 aromatic carbocycles. The van der Waals surface area contributed by atoms with Gasteiger partial charge in [0.25, 0.3) is 5.91 Å². The van der Waals surface area contributed by atoms with Crippen LogP contribution in [0.1, 0.15) is 40.2 Å². The summed E-state index contributed by atoms with van der Waals surface area (Å²) in [4.78, 5) is 29.5. The molecule has 6 heteroatoms. The average molecular weight is 395 g/mol. The minimum Gasteiger partial charge on any atom is -0.344 e. The number of aryl methyl sites for hydroxylation is 1. The number of carbonyl (C=O) groups is 2. The fraction of sp³-hybridized carbons (Fsp3) is 0.478. The fourth-order valence-electron chi connectivity index (χ4n) is 4.60. The van der Waals surface area contributed by atoms with Crippen molar-refractivity contribution in [2.75, 3.05) is 32.7 Å². The van der Waals surface area contributed by atoms with Crippen molar-refractivity contribution >= 4 is 11.8 Å². The molecule has 6 nitrogen and oxygen atoms in total. The Balaban J connectivity index is 1.50. The third-order valence-corrected chi connectivity index (χ3v) is 6.24. The Bertz CT molecular complexity index is 890. The maximum absolute atomic E-state index is 13.3. The lowest BCUT2D eigenvalue weighted by molar-refractivity contribution is -0.135. The first-order valence-electron chi connectivity index (χ1n) is 10.5. The Kier molecular flexibility index (Phi) is 5.72. The zero-order valence-electron chi connectivity index (χ0n) is 17.4. The van der Waals surface area contributed by atoms with E-state index in [9.17, 15) is 9.59 Å². The van der Waals surface area contributed by atoms with E-state index in [2.05, 4.69) is 28.9 Å². The van der Waals surface area contributed by atoms with Crippen LogP contribution in [0.3, 0.4) is 0 Å². The topological polar surface area (TPSA) is 57.6 Å². The van der Waals surface area contributed by atoms with Crippen LogP contribution >= 0.6 is 0 Å². The molecule has 1 aromatic heterocycles. The number of benzene rings is 1. The molecule has 4 rings (SSSR count). The lowest BCUT2D eigenvalue weighted by Gasteiger charge is -2.41. The zero-order chi connectivity index (χ0) is 20.4. The molecule has 0 radical (unpaired) electrons. The van der Waals surface area contributed by atoms with Crippen molar-refractivity contribution in [3.05, 3.63) is 58.9 Å². The van der Waals surface area contributed by atoms with E-state index in [1.165, 1.54) is 5.56 Å². The van der Waals surface area contributed by atoms with Gasteiger partial charge in [-0.2, -0.15) is 0 Å². The van der Waals surface area contributed by atoms with Gasteiger partial charge in [0.2, 0.25) is 5.91 Å². The average Bonchev–Trinajstić information content (AvgIpc) is 3.02. The summed E-state index contributed by atoms with van der Waals surface area (Å²) < 4.78 is 2.21. The van der Waals surface area contributed by atoms with E-state index >= 15 is 0 Å². The van der Waals surface area contributed by atoms with Crippen molar-refractivity contribution in [1.29, 1.82) is 0 Å². The number of amides is 2. The van der Waals surface area contributed by atoms with Gasteiger partial charge in [0.05, 0.1) is 12.1 Å². The van der Waals surface area contributed by atoms with Crippen LogP contribution in [0.15, 0.2) is 36.4 Å². The summed E-state index contributed by atoms with van der Waals surface area (Å²) in [5, 5.41) is 3.13. The van der Waals surface area contributed by atoms with Gasteiger partial charge in [0.15, 0.2) is 0 Å². The van der Waals surface area contributed by atoms with Crippen LogP contribution < -0.4 is 5.32 Å². The predicted molar refractivity (Wildman–Crippen MR) is 113 cm³/mol. The monoisotopic (exact) mass is 394 g/mol. The number of aromatic nitrogens is 1. The molecule has 2 amide bonds. The van der Waals surface area contributed by atoms with E-state index in [1.807, 2.05) is 41.0 Å². The quantitative estimate of drug-likeness (QED) is 0.865. The number of likely N-dealkylation sites (tertiary alicyclic amines) is 1. The highest BCUT2D eigenvalue weighted by Gasteiger charge is 2.32. The van der Waals surface area contributed by atoms with Gasteiger partial charge >= 0.3 is 0 Å². The second-order valence-corrected chi connectivity index (χ2v) is 8.17. The van der Waals surface area contributed by atoms with Crippen LogP contribution in [-0.4, -0.2) is 64.9 Å². The minimum absolute atomic E-state index is 0.0877. The second kappa shape index (κ2) is 8.41. The van der Waals surface area contributed by atoms with Crippen LogP contribution in [0, 0.1) is 13.8 Å². The summed E-state index contributed by atoms with van der Waals surface area (Å²) in [7, 11) is 0. The highest BCUT2D eigenvalue weighted by molar-refractivity contribution is 5.96. The molecule has 0 bridgehead atoms. The Morgan fingerprint density at radius 1 is 1.17 bits per heavy atom. The number of hydrogen-bond acceptors (Lipinski definition) is 3. The first kappa shape index (κ1) is 19.7. The molecule has 2 aromatic rings. The lowest BCUT2D eigenvalue weighted by Crippen LogP contribution is -2.57. The number of hydrogen-bond donors (Lipinski definition) is 1. The summed E-state index contributed by atoms with van der Waals surface area (Å²) in [5.41, 5.74) is 4.12. The van der Waals surface area contributed by atoms with Crippen LogP contribution in [-0.2, 0) is 11.3 Å². The van der Waals surface area contributed by atoms with Crippen molar-refractivity contribution in [1.82, 2.24) is 19.7 Å². The first-order valence-corrected chi connectivity index (χ1v) is 10.5. The maximum atomic E-state index is 13.3. The van der Waals surface area contributed by atoms with Crippen LogP contribution in [0.4, 0.5) is 0 Å². The van der Waals surface area contributed by atoms with Gasteiger partial charge in [-0.3, -0.25) is 9.59 Å². The molecule has 29 heavy (non-hydrogen) atoms. The molecule has 2 fully saturated rings. The van der Waals surface area contributed by atoms with Gasteiger partial charge in [0, 0.05) is 50.2 Å². The van der Waals surface area contributed by atoms with Gasteiger partial charge in [0.1, 0.15) is 0 Å². The van der Waals surface area contributed by atoms with Gasteiger partial charge in [-0.1, -0.05) is 30.3 Å². The smallest absolute Gasteiger partial charge is 0.255 e. The number of carbonyl (C=O) groups excluding carboxylic acids is 2. The van der Waals surface area contributed by atoms with E-state index in [0.717, 1.165) is 56.0 Å². The summed E-state index contributed by atoms with van der Waals surface area (Å²) in [5.74, 6) is 0.237. The van der Waals surface area contributed by atoms with Crippen LogP contribution in [0.5, 0.6) is 0 Å². The van der Waals surface area contributed by atoms with Crippen LogP contribution in [0.25, 0.3) is 0 Å². The van der Waals surface area contributed by atoms with Gasteiger partial charge in [-0.25, -0.2) is 0 Å². The lowest BCUT2D eigenvalue weighted by atomic mass is 10.0. The van der Waals surface area contributed by atoms with E-state index in [-0.39, 0.29) is 17.9 Å². The standard InChI is InChI=1S/C23H30N4O2/c1-17-13-21(18(2)27(17)15-19-7-4-3-5-8-19)23(29)25-11-6-9-20(16-25)26-12-10-24-14-22(26)28/h3-5,7-8,13,20,24H,6,9-12,14-16H2,1-2H3. The van der Waals surface area contributed by atoms with Gasteiger partial charge in [-0.15, -0.1) is 0 Å². The summed E-state index contributed by atoms with van der Waals surface area (Å²) in [6.07, 6.45) is 1.92. The zero-order valence-corrected chi connectivity index (χ0v) is 17.4. The maximum Gasteiger partial charge on any atom is 0.255 e. The Hall–Kier alpha value is -2.60. The molecule has 2 aliphatic heterocycles. The molecule has 154 valence electrons. The van der Waals surface area contributed by atoms with E-state index in [1.54, 1.807) is 0 Å². The molecule has 0 aliphatic carbocycles. The molecule has 2 saturated heterocycles. The van der Waals surface area contributed by atoms with Crippen molar-refractivity contribution in [2.45, 2.75) is 39.3 Å². The van der Waals surface area contributed by atoms with E-state index in [4.69, 9.17) is 0 Å². The van der Waals surface area contributed by atoms with Crippen LogP contribution in [0.2, 0.25) is 0 Å². The van der Waals surface area contributed by atoms with Gasteiger partial charge < -0.3 is 19.7 Å². The number of piperidine rings is 1. The molecule has 3 heterocycles. The third kappa shape index (κ3) is 4.08. The summed E-state index contributed by atoms with van der Waals surface area (Å²) >= 11 is 0. The second-order valence-electron chi connectivity index (χ2n) is 8.17.